The molecule has 11 heteroatoms. The molecular formula is C12H12N10O. The van der Waals surface area contributed by atoms with Gasteiger partial charge in [0.25, 0.3) is 0 Å². The SMILES string of the molecule is COC(Cc1ccc2ncc(-c3nnn[nH]3)n2c1)c1nnn[nH]1. The van der Waals surface area contributed by atoms with Crippen LogP contribution in [-0.4, -0.2) is 57.7 Å². The first-order valence-corrected chi connectivity index (χ1v) is 6.81. The van der Waals surface area contributed by atoms with Gasteiger partial charge in [-0.25, -0.2) is 15.2 Å². The Kier molecular flexibility index (Phi) is 3.24. The average molecular weight is 312 g/mol. The molecule has 0 amide bonds. The van der Waals surface area contributed by atoms with E-state index < -0.39 is 0 Å². The molecule has 0 bridgehead atoms. The van der Waals surface area contributed by atoms with Gasteiger partial charge in [-0.05, 0) is 32.5 Å². The van der Waals surface area contributed by atoms with Crippen molar-refractivity contribution in [1.82, 2.24) is 50.6 Å². The van der Waals surface area contributed by atoms with Gasteiger partial charge in [-0.3, -0.25) is 4.40 Å². The van der Waals surface area contributed by atoms with Gasteiger partial charge in [0.15, 0.2) is 11.6 Å². The molecule has 1 unspecified atom stereocenters. The molecule has 4 aromatic rings. The number of nitrogens with zero attached hydrogens (tertiary/aromatic N) is 8. The predicted octanol–water partition coefficient (Wildman–Crippen LogP) is -0.0423. The maximum Gasteiger partial charge on any atom is 0.198 e. The fourth-order valence-corrected chi connectivity index (χ4v) is 2.40. The number of pyridine rings is 1. The fraction of sp³-hybridized carbons (Fsp3) is 0.250. The molecular weight excluding hydrogens is 300 g/mol. The summed E-state index contributed by atoms with van der Waals surface area (Å²) >= 11 is 0. The van der Waals surface area contributed by atoms with Crippen LogP contribution in [0.3, 0.4) is 0 Å². The lowest BCUT2D eigenvalue weighted by molar-refractivity contribution is 0.0960. The molecule has 11 nitrogen and oxygen atoms in total. The first kappa shape index (κ1) is 13.5. The topological polar surface area (TPSA) is 135 Å². The summed E-state index contributed by atoms with van der Waals surface area (Å²) in [6, 6.07) is 3.91. The molecule has 0 aliphatic carbocycles. The van der Waals surface area contributed by atoms with Crippen LogP contribution >= 0.6 is 0 Å². The quantitative estimate of drug-likeness (QED) is 0.524. The molecule has 0 saturated heterocycles. The van der Waals surface area contributed by atoms with E-state index in [1.165, 1.54) is 0 Å². The van der Waals surface area contributed by atoms with Crippen molar-refractivity contribution in [3.63, 3.8) is 0 Å². The number of fused-ring (bicyclic) bond motifs is 1. The van der Waals surface area contributed by atoms with E-state index in [9.17, 15) is 0 Å². The van der Waals surface area contributed by atoms with Crippen molar-refractivity contribution >= 4 is 5.65 Å². The van der Waals surface area contributed by atoms with Gasteiger partial charge in [0.2, 0.25) is 0 Å². The highest BCUT2D eigenvalue weighted by atomic mass is 16.5. The number of aromatic amines is 2. The van der Waals surface area contributed by atoms with Crippen LogP contribution in [0.2, 0.25) is 0 Å². The van der Waals surface area contributed by atoms with Crippen LogP contribution < -0.4 is 0 Å². The van der Waals surface area contributed by atoms with Crippen molar-refractivity contribution in [1.29, 1.82) is 0 Å². The number of methoxy groups -OCH3 is 1. The van der Waals surface area contributed by atoms with Crippen LogP contribution in [0.15, 0.2) is 24.5 Å². The molecule has 0 aliphatic heterocycles. The van der Waals surface area contributed by atoms with Gasteiger partial charge < -0.3 is 4.74 Å². The molecule has 0 aliphatic rings. The Morgan fingerprint density at radius 1 is 1.17 bits per heavy atom. The van der Waals surface area contributed by atoms with Gasteiger partial charge in [0, 0.05) is 19.7 Å². The largest absolute Gasteiger partial charge is 0.373 e. The molecule has 4 aromatic heterocycles. The van der Waals surface area contributed by atoms with Crippen molar-refractivity contribution in [2.24, 2.45) is 0 Å². The molecule has 0 saturated carbocycles. The van der Waals surface area contributed by atoms with Crippen molar-refractivity contribution in [3.8, 4) is 11.5 Å². The monoisotopic (exact) mass is 312 g/mol. The van der Waals surface area contributed by atoms with Gasteiger partial charge in [-0.2, -0.15) is 0 Å². The third kappa shape index (κ3) is 2.42. The summed E-state index contributed by atoms with van der Waals surface area (Å²) in [4.78, 5) is 4.34. The number of rotatable bonds is 5. The molecule has 23 heavy (non-hydrogen) atoms. The van der Waals surface area contributed by atoms with E-state index in [4.69, 9.17) is 4.74 Å². The second kappa shape index (κ2) is 5.53. The summed E-state index contributed by atoms with van der Waals surface area (Å²) in [7, 11) is 1.62. The Balaban J connectivity index is 1.69. The zero-order valence-corrected chi connectivity index (χ0v) is 12.1. The number of imidazole rings is 1. The summed E-state index contributed by atoms with van der Waals surface area (Å²) < 4.78 is 7.38. The maximum absolute atomic E-state index is 5.46. The second-order valence-corrected chi connectivity index (χ2v) is 4.87. The molecule has 0 fully saturated rings. The molecule has 4 rings (SSSR count). The minimum absolute atomic E-state index is 0.263. The van der Waals surface area contributed by atoms with Gasteiger partial charge in [-0.15, -0.1) is 10.2 Å². The molecule has 1 atom stereocenters. The summed E-state index contributed by atoms with van der Waals surface area (Å²) in [5.74, 6) is 1.13. The number of tetrazole rings is 2. The van der Waals surface area contributed by atoms with E-state index in [2.05, 4.69) is 46.2 Å². The summed E-state index contributed by atoms with van der Waals surface area (Å²) in [6.07, 6.45) is 4.03. The average Bonchev–Trinajstić information content (AvgIpc) is 3.32. The first-order valence-electron chi connectivity index (χ1n) is 6.81. The van der Waals surface area contributed by atoms with E-state index in [-0.39, 0.29) is 6.10 Å². The van der Waals surface area contributed by atoms with Crippen molar-refractivity contribution in [2.75, 3.05) is 7.11 Å². The lowest BCUT2D eigenvalue weighted by Gasteiger charge is -2.12. The van der Waals surface area contributed by atoms with E-state index in [1.807, 2.05) is 22.7 Å². The van der Waals surface area contributed by atoms with Crippen LogP contribution in [0, 0.1) is 0 Å². The Morgan fingerprint density at radius 3 is 2.78 bits per heavy atom. The molecule has 2 N–H and O–H groups in total. The summed E-state index contributed by atoms with van der Waals surface area (Å²) in [5.41, 5.74) is 2.62. The first-order chi connectivity index (χ1) is 11.3. The summed E-state index contributed by atoms with van der Waals surface area (Å²) in [5, 5.41) is 27.6. The normalized spacial score (nSPS) is 12.7. The number of hydrogen-bond donors (Lipinski definition) is 2. The van der Waals surface area contributed by atoms with Crippen molar-refractivity contribution < 1.29 is 4.74 Å². The van der Waals surface area contributed by atoms with E-state index in [0.717, 1.165) is 16.9 Å². The van der Waals surface area contributed by atoms with Crippen LogP contribution in [0.5, 0.6) is 0 Å². The summed E-state index contributed by atoms with van der Waals surface area (Å²) in [6.45, 7) is 0. The van der Waals surface area contributed by atoms with Crippen molar-refractivity contribution in [3.05, 3.63) is 35.9 Å². The number of H-pyrrole nitrogens is 2. The predicted molar refractivity (Wildman–Crippen MR) is 76.0 cm³/mol. The van der Waals surface area contributed by atoms with Crippen LogP contribution in [-0.2, 0) is 11.2 Å². The van der Waals surface area contributed by atoms with Gasteiger partial charge in [-0.1, -0.05) is 6.07 Å². The highest BCUT2D eigenvalue weighted by Gasteiger charge is 2.16. The maximum atomic E-state index is 5.46. The van der Waals surface area contributed by atoms with Gasteiger partial charge >= 0.3 is 0 Å². The van der Waals surface area contributed by atoms with Crippen LogP contribution in [0.25, 0.3) is 17.2 Å². The van der Waals surface area contributed by atoms with Crippen molar-refractivity contribution in [2.45, 2.75) is 12.5 Å². The molecule has 116 valence electrons. The Hall–Kier alpha value is -3.21. The number of aromatic nitrogens is 10. The minimum Gasteiger partial charge on any atom is -0.373 e. The standard InChI is InChI=1S/C12H12N10O/c1-23-9(12-16-20-21-17-12)4-7-2-3-10-13-5-8(22(10)6-7)11-14-18-19-15-11/h2-3,5-6,9H,4H2,1H3,(H,14,15,18,19)(H,16,17,20,21). The van der Waals surface area contributed by atoms with Gasteiger partial charge in [0.05, 0.1) is 6.20 Å². The lowest BCUT2D eigenvalue weighted by atomic mass is 10.1. The zero-order valence-electron chi connectivity index (χ0n) is 12.1. The molecule has 0 spiro atoms. The number of hydrogen-bond acceptors (Lipinski definition) is 8. The number of nitrogens with one attached hydrogen (secondary N) is 2. The third-order valence-electron chi connectivity index (χ3n) is 3.53. The van der Waals surface area contributed by atoms with Crippen LogP contribution in [0.4, 0.5) is 0 Å². The fourth-order valence-electron chi connectivity index (χ4n) is 2.40. The molecule has 0 radical (unpaired) electrons. The highest BCUT2D eigenvalue weighted by molar-refractivity contribution is 5.56. The Bertz CT molecular complexity index is 897. The second-order valence-electron chi connectivity index (χ2n) is 4.87. The molecule has 0 aromatic carbocycles. The smallest absolute Gasteiger partial charge is 0.198 e. The number of ether oxygens (including phenoxy) is 1. The van der Waals surface area contributed by atoms with E-state index in [0.29, 0.717) is 18.1 Å². The lowest BCUT2D eigenvalue weighted by Crippen LogP contribution is -2.08. The van der Waals surface area contributed by atoms with Crippen LogP contribution in [0.1, 0.15) is 17.5 Å². The third-order valence-corrected chi connectivity index (χ3v) is 3.53. The van der Waals surface area contributed by atoms with E-state index in [1.54, 1.807) is 13.3 Å². The molecule has 4 heterocycles. The minimum atomic E-state index is -0.263. The Morgan fingerprint density at radius 2 is 2.04 bits per heavy atom. The van der Waals surface area contributed by atoms with E-state index >= 15 is 0 Å². The van der Waals surface area contributed by atoms with Gasteiger partial charge in [0.1, 0.15) is 17.4 Å². The Labute approximate surface area is 129 Å². The highest BCUT2D eigenvalue weighted by Crippen LogP contribution is 2.21. The zero-order chi connectivity index (χ0) is 15.6.